The molecule has 2 heterocycles. The molecule has 24 heavy (non-hydrogen) atoms. The smallest absolute Gasteiger partial charge is 0.255 e. The lowest BCUT2D eigenvalue weighted by Crippen LogP contribution is -2.48. The van der Waals surface area contributed by atoms with Crippen molar-refractivity contribution in [2.45, 2.75) is 38.6 Å². The molecule has 0 radical (unpaired) electrons. The number of carbonyl (C=O) groups excluding carboxylic acids is 2. The van der Waals surface area contributed by atoms with Gasteiger partial charge in [0.1, 0.15) is 12.3 Å². The Morgan fingerprint density at radius 2 is 2.00 bits per heavy atom. The number of aryl methyl sites for hydroxylation is 1. The quantitative estimate of drug-likeness (QED) is 0.942. The van der Waals surface area contributed by atoms with Gasteiger partial charge >= 0.3 is 0 Å². The van der Waals surface area contributed by atoms with E-state index < -0.39 is 6.04 Å². The van der Waals surface area contributed by atoms with Gasteiger partial charge in [-0.1, -0.05) is 24.6 Å². The number of hydrogen-bond acceptors (Lipinski definition) is 3. The summed E-state index contributed by atoms with van der Waals surface area (Å²) in [5.74, 6) is -0.383. The number of anilines is 1. The number of amides is 2. The first-order valence-corrected chi connectivity index (χ1v) is 8.39. The molecule has 0 saturated heterocycles. The van der Waals surface area contributed by atoms with E-state index in [0.717, 1.165) is 31.4 Å². The van der Waals surface area contributed by atoms with Gasteiger partial charge in [0.25, 0.3) is 5.91 Å². The fraction of sp³-hybridized carbons (Fsp3) is 0.368. The lowest BCUT2D eigenvalue weighted by Gasteiger charge is -2.29. The molecule has 0 bridgehead atoms. The van der Waals surface area contributed by atoms with Gasteiger partial charge < -0.3 is 14.6 Å². The summed E-state index contributed by atoms with van der Waals surface area (Å²) in [5, 5.41) is 2.76. The van der Waals surface area contributed by atoms with Crippen LogP contribution in [0.25, 0.3) is 0 Å². The summed E-state index contributed by atoms with van der Waals surface area (Å²) < 4.78 is 4.91. The summed E-state index contributed by atoms with van der Waals surface area (Å²) in [5.41, 5.74) is 2.58. The van der Waals surface area contributed by atoms with Crippen LogP contribution in [-0.2, 0) is 11.2 Å². The second-order valence-corrected chi connectivity index (χ2v) is 6.14. The van der Waals surface area contributed by atoms with Gasteiger partial charge in [0.2, 0.25) is 5.91 Å². The first-order chi connectivity index (χ1) is 11.7. The molecule has 5 heteroatoms. The number of furan rings is 1. The molecule has 3 rings (SSSR count). The number of nitrogens with one attached hydrogen (secondary N) is 1. The van der Waals surface area contributed by atoms with E-state index in [2.05, 4.69) is 11.4 Å². The zero-order valence-electron chi connectivity index (χ0n) is 13.8. The van der Waals surface area contributed by atoms with Gasteiger partial charge in [0.15, 0.2) is 0 Å². The van der Waals surface area contributed by atoms with Gasteiger partial charge in [-0.15, -0.1) is 0 Å². The molecule has 0 spiro atoms. The normalized spacial score (nSPS) is 15.8. The molecule has 1 aromatic carbocycles. The Balaban J connectivity index is 1.77. The van der Waals surface area contributed by atoms with E-state index >= 15 is 0 Å². The molecule has 5 nitrogen and oxygen atoms in total. The summed E-state index contributed by atoms with van der Waals surface area (Å²) in [6.45, 7) is 2.41. The van der Waals surface area contributed by atoms with Crippen molar-refractivity contribution in [1.29, 1.82) is 0 Å². The Kier molecular flexibility index (Phi) is 4.99. The molecule has 126 valence electrons. The molecule has 0 aliphatic carbocycles. The number of hydrogen-bond donors (Lipinski definition) is 1. The van der Waals surface area contributed by atoms with Crippen molar-refractivity contribution in [3.8, 4) is 0 Å². The third-order valence-electron chi connectivity index (χ3n) is 4.38. The van der Waals surface area contributed by atoms with Crippen LogP contribution in [-0.4, -0.2) is 24.4 Å². The van der Waals surface area contributed by atoms with E-state index in [1.54, 1.807) is 13.0 Å². The van der Waals surface area contributed by atoms with Crippen LogP contribution in [0, 0.1) is 0 Å². The van der Waals surface area contributed by atoms with Crippen LogP contribution in [0.5, 0.6) is 0 Å². The molecule has 1 unspecified atom stereocenters. The fourth-order valence-electron chi connectivity index (χ4n) is 3.07. The number of benzene rings is 1. The van der Waals surface area contributed by atoms with Crippen molar-refractivity contribution >= 4 is 17.5 Å². The molecular weight excluding hydrogens is 304 g/mol. The van der Waals surface area contributed by atoms with Crippen LogP contribution >= 0.6 is 0 Å². The highest BCUT2D eigenvalue weighted by molar-refractivity contribution is 6.02. The second-order valence-electron chi connectivity index (χ2n) is 6.14. The molecule has 1 aliphatic heterocycles. The standard InChI is InChI=1S/C19H22N2O3/c1-14(20-18(22)16-10-12-24-13-16)19(23)21-11-6-2-3-7-15-8-4-5-9-17(15)21/h4-5,8-10,12-14H,2-3,6-7,11H2,1H3,(H,20,22). The minimum atomic E-state index is -0.597. The Hall–Kier alpha value is -2.56. The maximum atomic E-state index is 12.9. The van der Waals surface area contributed by atoms with Gasteiger partial charge in [-0.05, 0) is 43.9 Å². The molecule has 0 fully saturated rings. The largest absolute Gasteiger partial charge is 0.472 e. The van der Waals surface area contributed by atoms with Crippen LogP contribution in [0.4, 0.5) is 5.69 Å². The van der Waals surface area contributed by atoms with E-state index in [9.17, 15) is 9.59 Å². The lowest BCUT2D eigenvalue weighted by molar-refractivity contribution is -0.120. The summed E-state index contributed by atoms with van der Waals surface area (Å²) in [7, 11) is 0. The zero-order valence-corrected chi connectivity index (χ0v) is 13.8. The molecular formula is C19H22N2O3. The molecule has 2 aromatic rings. The average Bonchev–Trinajstić information content (AvgIpc) is 3.10. The van der Waals surface area contributed by atoms with Crippen molar-refractivity contribution in [1.82, 2.24) is 5.32 Å². The van der Waals surface area contributed by atoms with Crippen LogP contribution in [0.15, 0.2) is 47.3 Å². The van der Waals surface area contributed by atoms with Crippen LogP contribution in [0.1, 0.15) is 42.1 Å². The molecule has 1 atom stereocenters. The van der Waals surface area contributed by atoms with Crippen molar-refractivity contribution in [2.24, 2.45) is 0 Å². The van der Waals surface area contributed by atoms with E-state index in [1.807, 2.05) is 23.1 Å². The van der Waals surface area contributed by atoms with Crippen molar-refractivity contribution < 1.29 is 14.0 Å². The molecule has 1 aromatic heterocycles. The van der Waals surface area contributed by atoms with Crippen LogP contribution < -0.4 is 10.2 Å². The first-order valence-electron chi connectivity index (χ1n) is 8.39. The molecule has 2 amide bonds. The van der Waals surface area contributed by atoms with Gasteiger partial charge in [-0.2, -0.15) is 0 Å². The number of nitrogens with zero attached hydrogens (tertiary/aromatic N) is 1. The van der Waals surface area contributed by atoms with E-state index in [0.29, 0.717) is 12.1 Å². The highest BCUT2D eigenvalue weighted by atomic mass is 16.3. The second kappa shape index (κ2) is 7.34. The van der Waals surface area contributed by atoms with Crippen LogP contribution in [0.2, 0.25) is 0 Å². The van der Waals surface area contributed by atoms with Crippen molar-refractivity contribution in [3.63, 3.8) is 0 Å². The summed E-state index contributed by atoms with van der Waals surface area (Å²) in [6.07, 6.45) is 7.02. The number of fused-ring (bicyclic) bond motifs is 1. The lowest BCUT2D eigenvalue weighted by atomic mass is 10.0. The fourth-order valence-corrected chi connectivity index (χ4v) is 3.07. The van der Waals surface area contributed by atoms with Crippen molar-refractivity contribution in [2.75, 3.05) is 11.4 Å². The monoisotopic (exact) mass is 326 g/mol. The minimum absolute atomic E-state index is 0.0822. The topological polar surface area (TPSA) is 62.6 Å². The number of para-hydroxylation sites is 1. The third kappa shape index (κ3) is 3.50. The number of carbonyl (C=O) groups is 2. The van der Waals surface area contributed by atoms with Gasteiger partial charge in [0, 0.05) is 12.2 Å². The Morgan fingerprint density at radius 1 is 1.17 bits per heavy atom. The Labute approximate surface area is 141 Å². The predicted molar refractivity (Wildman–Crippen MR) is 92.0 cm³/mol. The maximum Gasteiger partial charge on any atom is 0.255 e. The summed E-state index contributed by atoms with van der Waals surface area (Å²) >= 11 is 0. The zero-order chi connectivity index (χ0) is 16.9. The predicted octanol–water partition coefficient (Wildman–Crippen LogP) is 3.16. The number of rotatable bonds is 3. The maximum absolute atomic E-state index is 12.9. The highest BCUT2D eigenvalue weighted by Gasteiger charge is 2.26. The molecule has 0 saturated carbocycles. The van der Waals surface area contributed by atoms with Crippen LogP contribution in [0.3, 0.4) is 0 Å². The average molecular weight is 326 g/mol. The SMILES string of the molecule is CC(NC(=O)c1ccoc1)C(=O)N1CCCCCc2ccccc21. The summed E-state index contributed by atoms with van der Waals surface area (Å²) in [4.78, 5) is 26.9. The van der Waals surface area contributed by atoms with Gasteiger partial charge in [0.05, 0.1) is 11.8 Å². The first kappa shape index (κ1) is 16.3. The van der Waals surface area contributed by atoms with Gasteiger partial charge in [-0.3, -0.25) is 9.59 Å². The third-order valence-corrected chi connectivity index (χ3v) is 4.38. The van der Waals surface area contributed by atoms with E-state index in [-0.39, 0.29) is 11.8 Å². The summed E-state index contributed by atoms with van der Waals surface area (Å²) in [6, 6.07) is 9.01. The molecule has 1 aliphatic rings. The van der Waals surface area contributed by atoms with Gasteiger partial charge in [-0.25, -0.2) is 0 Å². The van der Waals surface area contributed by atoms with E-state index in [1.165, 1.54) is 18.1 Å². The molecule has 1 N–H and O–H groups in total. The minimum Gasteiger partial charge on any atom is -0.472 e. The van der Waals surface area contributed by atoms with E-state index in [4.69, 9.17) is 4.42 Å². The highest BCUT2D eigenvalue weighted by Crippen LogP contribution is 2.26. The Bertz CT molecular complexity index is 709. The van der Waals surface area contributed by atoms with Crippen molar-refractivity contribution in [3.05, 3.63) is 54.0 Å². The Morgan fingerprint density at radius 3 is 2.79 bits per heavy atom.